The molecule has 2 rings (SSSR count). The molecule has 0 fully saturated rings. The lowest BCUT2D eigenvalue weighted by atomic mass is 10.0. The molecule has 0 spiro atoms. The Kier molecular flexibility index (Phi) is 2.21. The topological polar surface area (TPSA) is 46.5 Å². The van der Waals surface area contributed by atoms with Gasteiger partial charge >= 0.3 is 5.97 Å². The predicted octanol–water partition coefficient (Wildman–Crippen LogP) is 1.87. The number of ether oxygens (including phenoxy) is 1. The standard InChI is InChI=1S/C10H9FO3/c11-7-1-2-8-6(3-7)5-14-9(8)4-10(12)13/h1-3,9H,4-5H2,(H,12,13). The van der Waals surface area contributed by atoms with E-state index in [0.29, 0.717) is 6.61 Å². The van der Waals surface area contributed by atoms with E-state index in [2.05, 4.69) is 0 Å². The van der Waals surface area contributed by atoms with Gasteiger partial charge in [-0.05, 0) is 23.3 Å². The van der Waals surface area contributed by atoms with Crippen LogP contribution in [-0.2, 0) is 16.1 Å². The summed E-state index contributed by atoms with van der Waals surface area (Å²) in [5.74, 6) is -1.23. The minimum atomic E-state index is -0.910. The van der Waals surface area contributed by atoms with E-state index in [-0.39, 0.29) is 12.2 Å². The smallest absolute Gasteiger partial charge is 0.306 e. The van der Waals surface area contributed by atoms with Crippen LogP contribution >= 0.6 is 0 Å². The van der Waals surface area contributed by atoms with Gasteiger partial charge in [0.2, 0.25) is 0 Å². The van der Waals surface area contributed by atoms with E-state index in [9.17, 15) is 9.18 Å². The highest BCUT2D eigenvalue weighted by molar-refractivity contribution is 5.68. The molecule has 1 aliphatic heterocycles. The summed E-state index contributed by atoms with van der Waals surface area (Å²) in [5, 5.41) is 8.60. The number of carboxylic acid groups (broad SMARTS) is 1. The number of hydrogen-bond donors (Lipinski definition) is 1. The summed E-state index contributed by atoms with van der Waals surface area (Å²) in [6.45, 7) is 0.297. The summed E-state index contributed by atoms with van der Waals surface area (Å²) in [7, 11) is 0. The van der Waals surface area contributed by atoms with Crippen LogP contribution in [0.5, 0.6) is 0 Å². The number of fused-ring (bicyclic) bond motifs is 1. The van der Waals surface area contributed by atoms with Crippen molar-refractivity contribution in [3.05, 3.63) is 35.1 Å². The Labute approximate surface area is 80.1 Å². The molecule has 0 aromatic heterocycles. The zero-order valence-electron chi connectivity index (χ0n) is 7.37. The highest BCUT2D eigenvalue weighted by Gasteiger charge is 2.25. The van der Waals surface area contributed by atoms with Crippen molar-refractivity contribution in [3.63, 3.8) is 0 Å². The van der Waals surface area contributed by atoms with Crippen molar-refractivity contribution < 1.29 is 19.0 Å². The molecule has 1 aromatic rings. The fraction of sp³-hybridized carbons (Fsp3) is 0.300. The average molecular weight is 196 g/mol. The molecule has 0 amide bonds. The Bertz CT molecular complexity index is 376. The summed E-state index contributed by atoms with van der Waals surface area (Å²) in [5.41, 5.74) is 1.53. The van der Waals surface area contributed by atoms with Crippen molar-refractivity contribution in [2.45, 2.75) is 19.1 Å². The number of rotatable bonds is 2. The molecule has 0 bridgehead atoms. The molecule has 1 aliphatic rings. The van der Waals surface area contributed by atoms with Crippen LogP contribution in [0.4, 0.5) is 4.39 Å². The fourth-order valence-corrected chi connectivity index (χ4v) is 1.62. The maximum absolute atomic E-state index is 12.8. The average Bonchev–Trinajstić information content (AvgIpc) is 2.47. The van der Waals surface area contributed by atoms with Crippen molar-refractivity contribution in [1.29, 1.82) is 0 Å². The van der Waals surface area contributed by atoms with Crippen LogP contribution in [0.1, 0.15) is 23.7 Å². The lowest BCUT2D eigenvalue weighted by molar-refractivity contribution is -0.140. The summed E-state index contributed by atoms with van der Waals surface area (Å²) in [6.07, 6.45) is -0.498. The Morgan fingerprint density at radius 1 is 1.64 bits per heavy atom. The van der Waals surface area contributed by atoms with Gasteiger partial charge in [0.15, 0.2) is 0 Å². The number of aliphatic carboxylic acids is 1. The molecule has 14 heavy (non-hydrogen) atoms. The van der Waals surface area contributed by atoms with Crippen molar-refractivity contribution in [1.82, 2.24) is 0 Å². The van der Waals surface area contributed by atoms with Crippen molar-refractivity contribution in [2.75, 3.05) is 0 Å². The molecule has 0 radical (unpaired) electrons. The Hall–Kier alpha value is -1.42. The van der Waals surface area contributed by atoms with Crippen LogP contribution < -0.4 is 0 Å². The molecule has 74 valence electrons. The van der Waals surface area contributed by atoms with Gasteiger partial charge in [0.25, 0.3) is 0 Å². The van der Waals surface area contributed by atoms with Gasteiger partial charge in [-0.2, -0.15) is 0 Å². The monoisotopic (exact) mass is 196 g/mol. The van der Waals surface area contributed by atoms with Crippen molar-refractivity contribution in [3.8, 4) is 0 Å². The molecule has 3 nitrogen and oxygen atoms in total. The van der Waals surface area contributed by atoms with E-state index in [0.717, 1.165) is 11.1 Å². The zero-order valence-corrected chi connectivity index (χ0v) is 7.37. The van der Waals surface area contributed by atoms with Gasteiger partial charge in [-0.1, -0.05) is 6.07 Å². The normalized spacial score (nSPS) is 19.4. The first-order chi connectivity index (χ1) is 6.66. The quantitative estimate of drug-likeness (QED) is 0.785. The van der Waals surface area contributed by atoms with Gasteiger partial charge in [0.1, 0.15) is 5.82 Å². The molecular formula is C10H9FO3. The van der Waals surface area contributed by atoms with Gasteiger partial charge in [-0.25, -0.2) is 4.39 Å². The molecular weight excluding hydrogens is 187 g/mol. The molecule has 1 atom stereocenters. The summed E-state index contributed by atoms with van der Waals surface area (Å²) >= 11 is 0. The van der Waals surface area contributed by atoms with Crippen LogP contribution in [0.25, 0.3) is 0 Å². The fourth-order valence-electron chi connectivity index (χ4n) is 1.62. The van der Waals surface area contributed by atoms with Gasteiger partial charge in [-0.15, -0.1) is 0 Å². The highest BCUT2D eigenvalue weighted by Crippen LogP contribution is 2.33. The third-order valence-corrected chi connectivity index (χ3v) is 2.25. The van der Waals surface area contributed by atoms with Gasteiger partial charge in [0.05, 0.1) is 19.1 Å². The van der Waals surface area contributed by atoms with E-state index >= 15 is 0 Å². The number of halogens is 1. The SMILES string of the molecule is O=C(O)CC1OCc2cc(F)ccc21. The van der Waals surface area contributed by atoms with Crippen LogP contribution in [0.2, 0.25) is 0 Å². The second-order valence-electron chi connectivity index (χ2n) is 3.24. The third kappa shape index (κ3) is 1.61. The van der Waals surface area contributed by atoms with Crippen LogP contribution in [0.3, 0.4) is 0 Å². The Balaban J connectivity index is 2.26. The number of carbonyl (C=O) groups is 1. The molecule has 1 aromatic carbocycles. The second-order valence-corrected chi connectivity index (χ2v) is 3.24. The van der Waals surface area contributed by atoms with E-state index < -0.39 is 12.1 Å². The van der Waals surface area contributed by atoms with Crippen LogP contribution in [0.15, 0.2) is 18.2 Å². The number of carboxylic acids is 1. The molecule has 0 saturated heterocycles. The van der Waals surface area contributed by atoms with E-state index in [1.165, 1.54) is 12.1 Å². The lowest BCUT2D eigenvalue weighted by Crippen LogP contribution is -2.04. The van der Waals surface area contributed by atoms with Crippen LogP contribution in [-0.4, -0.2) is 11.1 Å². The van der Waals surface area contributed by atoms with E-state index in [4.69, 9.17) is 9.84 Å². The van der Waals surface area contributed by atoms with Gasteiger partial charge in [-0.3, -0.25) is 4.79 Å². The lowest BCUT2D eigenvalue weighted by Gasteiger charge is -2.06. The molecule has 0 saturated carbocycles. The zero-order chi connectivity index (χ0) is 10.1. The molecule has 4 heteroatoms. The van der Waals surface area contributed by atoms with E-state index in [1.807, 2.05) is 0 Å². The first-order valence-corrected chi connectivity index (χ1v) is 4.28. The Morgan fingerprint density at radius 3 is 3.14 bits per heavy atom. The van der Waals surface area contributed by atoms with Gasteiger partial charge in [0, 0.05) is 0 Å². The van der Waals surface area contributed by atoms with E-state index in [1.54, 1.807) is 6.07 Å². The molecule has 0 aliphatic carbocycles. The second kappa shape index (κ2) is 3.38. The summed E-state index contributed by atoms with van der Waals surface area (Å²) in [6, 6.07) is 4.30. The summed E-state index contributed by atoms with van der Waals surface area (Å²) < 4.78 is 18.0. The third-order valence-electron chi connectivity index (χ3n) is 2.25. The first kappa shape index (κ1) is 9.15. The van der Waals surface area contributed by atoms with Crippen molar-refractivity contribution >= 4 is 5.97 Å². The molecule has 1 unspecified atom stereocenters. The summed E-state index contributed by atoms with van der Waals surface area (Å²) in [4.78, 5) is 10.5. The number of hydrogen-bond acceptors (Lipinski definition) is 2. The molecule has 1 N–H and O–H groups in total. The predicted molar refractivity (Wildman–Crippen MR) is 46.2 cm³/mol. The highest BCUT2D eigenvalue weighted by atomic mass is 19.1. The minimum Gasteiger partial charge on any atom is -0.481 e. The maximum Gasteiger partial charge on any atom is 0.306 e. The minimum absolute atomic E-state index is 0.0708. The van der Waals surface area contributed by atoms with Gasteiger partial charge < -0.3 is 9.84 Å². The Morgan fingerprint density at radius 2 is 2.43 bits per heavy atom. The van der Waals surface area contributed by atoms with Crippen molar-refractivity contribution in [2.24, 2.45) is 0 Å². The molecule has 1 heterocycles. The first-order valence-electron chi connectivity index (χ1n) is 4.28. The maximum atomic E-state index is 12.8. The number of benzene rings is 1. The van der Waals surface area contributed by atoms with Crippen LogP contribution in [0, 0.1) is 5.82 Å². The largest absolute Gasteiger partial charge is 0.481 e.